The summed E-state index contributed by atoms with van der Waals surface area (Å²) in [4.78, 5) is 30.1. The molecule has 3 aromatic rings. The lowest BCUT2D eigenvalue weighted by Crippen LogP contribution is -2.33. The number of fused-ring (bicyclic) bond motifs is 1. The molecule has 20 heavy (non-hydrogen) atoms. The fraction of sp³-hybridized carbons (Fsp3) is 0.0833. The van der Waals surface area contributed by atoms with Gasteiger partial charge in [-0.15, -0.1) is 10.2 Å². The lowest BCUT2D eigenvalue weighted by molar-refractivity contribution is 0.781. The minimum atomic E-state index is -0.549. The number of aromatic nitrogens is 5. The van der Waals surface area contributed by atoms with Crippen LogP contribution in [0.25, 0.3) is 22.6 Å². The number of hydrogen-bond donors (Lipinski definition) is 1. The minimum Gasteiger partial charge on any atom is -0.288 e. The first kappa shape index (κ1) is 12.7. The van der Waals surface area contributed by atoms with Crippen LogP contribution in [0.15, 0.2) is 38.3 Å². The van der Waals surface area contributed by atoms with Crippen molar-refractivity contribution in [3.8, 4) is 11.4 Å². The van der Waals surface area contributed by atoms with Gasteiger partial charge in [0.1, 0.15) is 0 Å². The van der Waals surface area contributed by atoms with Crippen molar-refractivity contribution in [2.24, 2.45) is 7.05 Å². The summed E-state index contributed by atoms with van der Waals surface area (Å²) in [5.41, 5.74) is -0.184. The Hall–Kier alpha value is -2.35. The molecule has 7 nitrogen and oxygen atoms in total. The summed E-state index contributed by atoms with van der Waals surface area (Å²) in [6.45, 7) is 0. The van der Waals surface area contributed by atoms with E-state index in [1.54, 1.807) is 0 Å². The molecule has 0 fully saturated rings. The van der Waals surface area contributed by atoms with E-state index in [0.29, 0.717) is 5.82 Å². The van der Waals surface area contributed by atoms with E-state index in [1.807, 2.05) is 24.3 Å². The van der Waals surface area contributed by atoms with Crippen LogP contribution in [-0.2, 0) is 7.05 Å². The maximum atomic E-state index is 12.0. The number of aromatic amines is 1. The third-order valence-electron chi connectivity index (χ3n) is 2.84. The first-order valence-corrected chi connectivity index (χ1v) is 6.46. The van der Waals surface area contributed by atoms with Gasteiger partial charge in [-0.25, -0.2) is 9.78 Å². The third-order valence-corrected chi connectivity index (χ3v) is 3.53. The molecule has 0 unspecified atom stereocenters. The van der Waals surface area contributed by atoms with Gasteiger partial charge in [0.15, 0.2) is 17.0 Å². The average molecular weight is 334 g/mol. The molecule has 0 spiro atoms. The molecule has 8 heteroatoms. The van der Waals surface area contributed by atoms with Crippen LogP contribution in [0, 0.1) is 0 Å². The molecule has 0 atom stereocenters. The van der Waals surface area contributed by atoms with Gasteiger partial charge in [-0.3, -0.25) is 14.3 Å². The number of rotatable bonds is 1. The van der Waals surface area contributed by atoms with Gasteiger partial charge in [0.2, 0.25) is 0 Å². The highest BCUT2D eigenvalue weighted by molar-refractivity contribution is 9.10. The van der Waals surface area contributed by atoms with E-state index in [1.165, 1.54) is 7.05 Å². The van der Waals surface area contributed by atoms with E-state index < -0.39 is 11.2 Å². The van der Waals surface area contributed by atoms with Gasteiger partial charge in [0, 0.05) is 17.1 Å². The van der Waals surface area contributed by atoms with E-state index in [-0.39, 0.29) is 11.2 Å². The zero-order valence-electron chi connectivity index (χ0n) is 10.3. The number of nitrogens with zero attached hydrogens (tertiary/aromatic N) is 4. The maximum Gasteiger partial charge on any atom is 0.329 e. The largest absolute Gasteiger partial charge is 0.329 e. The topological polar surface area (TPSA) is 93.5 Å². The molecule has 0 amide bonds. The fourth-order valence-corrected chi connectivity index (χ4v) is 2.21. The number of nitrogens with one attached hydrogen (secondary N) is 1. The van der Waals surface area contributed by atoms with Crippen molar-refractivity contribution in [1.29, 1.82) is 0 Å². The summed E-state index contributed by atoms with van der Waals surface area (Å²) in [7, 11) is 1.38. The van der Waals surface area contributed by atoms with Crippen molar-refractivity contribution < 1.29 is 0 Å². The predicted molar refractivity (Wildman–Crippen MR) is 76.3 cm³/mol. The van der Waals surface area contributed by atoms with Gasteiger partial charge in [0.25, 0.3) is 5.56 Å². The molecule has 0 aliphatic rings. The monoisotopic (exact) mass is 333 g/mol. The van der Waals surface area contributed by atoms with Gasteiger partial charge in [-0.1, -0.05) is 28.1 Å². The predicted octanol–water partition coefficient (Wildman–Crippen LogP) is 0.841. The van der Waals surface area contributed by atoms with Crippen LogP contribution in [0.5, 0.6) is 0 Å². The molecular weight excluding hydrogens is 326 g/mol. The van der Waals surface area contributed by atoms with Gasteiger partial charge in [-0.2, -0.15) is 0 Å². The highest BCUT2D eigenvalue weighted by Crippen LogP contribution is 2.24. The van der Waals surface area contributed by atoms with Crippen molar-refractivity contribution in [2.45, 2.75) is 0 Å². The molecule has 0 bridgehead atoms. The Kier molecular flexibility index (Phi) is 2.94. The van der Waals surface area contributed by atoms with Gasteiger partial charge < -0.3 is 0 Å². The second-order valence-corrected chi connectivity index (χ2v) is 4.96. The summed E-state index contributed by atoms with van der Waals surface area (Å²) >= 11 is 3.39. The summed E-state index contributed by atoms with van der Waals surface area (Å²) in [5.74, 6) is 0.314. The minimum absolute atomic E-state index is 0.0767. The zero-order chi connectivity index (χ0) is 14.3. The van der Waals surface area contributed by atoms with Crippen molar-refractivity contribution in [3.63, 3.8) is 0 Å². The quantitative estimate of drug-likeness (QED) is 0.712. The molecule has 0 radical (unpaired) electrons. The Labute approximate surface area is 120 Å². The molecule has 0 aliphatic carbocycles. The SMILES string of the molecule is Cn1c(=O)[nH]c2nnc(-c3ccccc3Br)nc2c1=O. The molecule has 100 valence electrons. The second-order valence-electron chi connectivity index (χ2n) is 4.11. The standard InChI is InChI=1S/C12H8BrN5O2/c1-18-11(19)8-10(15-12(18)20)17-16-9(14-8)6-4-2-3-5-7(6)13/h2-5H,1H3,(H,15,17,20). The fourth-order valence-electron chi connectivity index (χ4n) is 1.75. The lowest BCUT2D eigenvalue weighted by Gasteiger charge is -2.03. The summed E-state index contributed by atoms with van der Waals surface area (Å²) in [5, 5.41) is 7.80. The van der Waals surface area contributed by atoms with E-state index in [2.05, 4.69) is 36.1 Å². The molecule has 0 saturated carbocycles. The van der Waals surface area contributed by atoms with Gasteiger partial charge in [0.05, 0.1) is 0 Å². The van der Waals surface area contributed by atoms with Crippen LogP contribution in [0.3, 0.4) is 0 Å². The molecule has 1 N–H and O–H groups in total. The van der Waals surface area contributed by atoms with E-state index in [0.717, 1.165) is 14.6 Å². The van der Waals surface area contributed by atoms with Crippen molar-refractivity contribution >= 4 is 27.1 Å². The van der Waals surface area contributed by atoms with Crippen LogP contribution in [0.2, 0.25) is 0 Å². The normalized spacial score (nSPS) is 10.9. The molecule has 0 aliphatic heterocycles. The first-order valence-electron chi connectivity index (χ1n) is 5.66. The van der Waals surface area contributed by atoms with E-state index >= 15 is 0 Å². The average Bonchev–Trinajstić information content (AvgIpc) is 2.45. The Morgan fingerprint density at radius 2 is 1.95 bits per heavy atom. The number of hydrogen-bond acceptors (Lipinski definition) is 5. The van der Waals surface area contributed by atoms with Crippen LogP contribution in [0.1, 0.15) is 0 Å². The molecule has 2 aromatic heterocycles. The second kappa shape index (κ2) is 4.64. The zero-order valence-corrected chi connectivity index (χ0v) is 11.9. The van der Waals surface area contributed by atoms with Crippen LogP contribution in [-0.4, -0.2) is 24.7 Å². The van der Waals surface area contributed by atoms with Crippen molar-refractivity contribution in [2.75, 3.05) is 0 Å². The molecular formula is C12H8BrN5O2. The molecule has 0 saturated heterocycles. The highest BCUT2D eigenvalue weighted by atomic mass is 79.9. The molecule has 2 heterocycles. The summed E-state index contributed by atoms with van der Waals surface area (Å²) < 4.78 is 1.74. The summed E-state index contributed by atoms with van der Waals surface area (Å²) in [6.07, 6.45) is 0. The lowest BCUT2D eigenvalue weighted by atomic mass is 10.2. The van der Waals surface area contributed by atoms with Crippen molar-refractivity contribution in [1.82, 2.24) is 24.7 Å². The number of benzene rings is 1. The molecule has 1 aromatic carbocycles. The smallest absolute Gasteiger partial charge is 0.288 e. The third kappa shape index (κ3) is 1.94. The van der Waals surface area contributed by atoms with Gasteiger partial charge >= 0.3 is 5.69 Å². The van der Waals surface area contributed by atoms with Gasteiger partial charge in [-0.05, 0) is 12.1 Å². The van der Waals surface area contributed by atoms with Crippen LogP contribution < -0.4 is 11.2 Å². The Morgan fingerprint density at radius 1 is 1.20 bits per heavy atom. The van der Waals surface area contributed by atoms with Crippen molar-refractivity contribution in [3.05, 3.63) is 49.6 Å². The van der Waals surface area contributed by atoms with Crippen LogP contribution in [0.4, 0.5) is 0 Å². The number of halogens is 1. The molecule has 3 rings (SSSR count). The Balaban J connectivity index is 2.34. The highest BCUT2D eigenvalue weighted by Gasteiger charge is 2.12. The Bertz CT molecular complexity index is 931. The van der Waals surface area contributed by atoms with E-state index in [4.69, 9.17) is 0 Å². The first-order chi connectivity index (χ1) is 9.58. The van der Waals surface area contributed by atoms with Crippen LogP contribution >= 0.6 is 15.9 Å². The number of H-pyrrole nitrogens is 1. The Morgan fingerprint density at radius 3 is 2.70 bits per heavy atom. The van der Waals surface area contributed by atoms with E-state index in [9.17, 15) is 9.59 Å². The maximum absolute atomic E-state index is 12.0. The summed E-state index contributed by atoms with van der Waals surface area (Å²) in [6, 6.07) is 7.34.